The van der Waals surface area contributed by atoms with E-state index in [9.17, 15) is 9.50 Å². The third-order valence-corrected chi connectivity index (χ3v) is 3.00. The minimum atomic E-state index is -0.849. The molecule has 0 amide bonds. The summed E-state index contributed by atoms with van der Waals surface area (Å²) in [6.45, 7) is 3.93. The van der Waals surface area contributed by atoms with Crippen LogP contribution in [0.5, 0.6) is 5.75 Å². The summed E-state index contributed by atoms with van der Waals surface area (Å²) in [6, 6.07) is 3.93. The number of rotatable bonds is 5. The molecule has 2 nitrogen and oxygen atoms in total. The fourth-order valence-electron chi connectivity index (χ4n) is 1.26. The average Bonchev–Trinajstić information content (AvgIpc) is 2.27. The third kappa shape index (κ3) is 3.35. The minimum Gasteiger partial charge on any atom is -0.489 e. The zero-order chi connectivity index (χ0) is 12.2. The standard InChI is InChI=1S/C12H16ClFO2/c1-3-12(15,4-2)8-16-11-6-5-9(14)7-10(11)13/h5-7,15H,3-4,8H2,1-2H3. The van der Waals surface area contributed by atoms with E-state index < -0.39 is 11.4 Å². The SMILES string of the molecule is CCC(O)(CC)COc1ccc(F)cc1Cl. The number of aliphatic hydroxyl groups is 1. The number of halogens is 2. The molecule has 0 aliphatic heterocycles. The van der Waals surface area contributed by atoms with Gasteiger partial charge in [-0.1, -0.05) is 25.4 Å². The summed E-state index contributed by atoms with van der Waals surface area (Å²) in [5.41, 5.74) is -0.849. The summed E-state index contributed by atoms with van der Waals surface area (Å²) >= 11 is 5.80. The minimum absolute atomic E-state index is 0.158. The fourth-order valence-corrected chi connectivity index (χ4v) is 1.48. The Morgan fingerprint density at radius 2 is 2.00 bits per heavy atom. The number of ether oxygens (including phenoxy) is 1. The molecule has 1 rings (SSSR count). The first-order valence-electron chi connectivity index (χ1n) is 5.31. The number of benzene rings is 1. The molecule has 4 heteroatoms. The van der Waals surface area contributed by atoms with Crippen LogP contribution in [0.4, 0.5) is 4.39 Å². The Bertz CT molecular complexity index is 351. The molecule has 0 unspecified atom stereocenters. The maximum absolute atomic E-state index is 12.8. The van der Waals surface area contributed by atoms with Crippen molar-refractivity contribution in [2.75, 3.05) is 6.61 Å². The Kier molecular flexibility index (Phi) is 4.56. The molecule has 0 radical (unpaired) electrons. The fraction of sp³-hybridized carbons (Fsp3) is 0.500. The molecule has 1 N–H and O–H groups in total. The van der Waals surface area contributed by atoms with E-state index in [1.165, 1.54) is 18.2 Å². The Balaban J connectivity index is 2.67. The Morgan fingerprint density at radius 1 is 1.38 bits per heavy atom. The topological polar surface area (TPSA) is 29.5 Å². The monoisotopic (exact) mass is 246 g/mol. The molecule has 0 spiro atoms. The normalized spacial score (nSPS) is 11.6. The van der Waals surface area contributed by atoms with Gasteiger partial charge in [-0.15, -0.1) is 0 Å². The molecule has 0 aromatic heterocycles. The summed E-state index contributed by atoms with van der Waals surface area (Å²) in [5.74, 6) is -0.0120. The van der Waals surface area contributed by atoms with Crippen molar-refractivity contribution in [1.82, 2.24) is 0 Å². The first-order chi connectivity index (χ1) is 7.50. The molecule has 0 fully saturated rings. The van der Waals surface area contributed by atoms with E-state index in [1.807, 2.05) is 13.8 Å². The van der Waals surface area contributed by atoms with E-state index in [0.29, 0.717) is 18.6 Å². The van der Waals surface area contributed by atoms with Crippen LogP contribution in [0.3, 0.4) is 0 Å². The highest BCUT2D eigenvalue weighted by Crippen LogP contribution is 2.26. The van der Waals surface area contributed by atoms with Gasteiger partial charge in [-0.2, -0.15) is 0 Å². The van der Waals surface area contributed by atoms with Gasteiger partial charge in [0.15, 0.2) is 0 Å². The first kappa shape index (κ1) is 13.3. The van der Waals surface area contributed by atoms with Crippen LogP contribution in [-0.4, -0.2) is 17.3 Å². The Labute approximate surface area is 100.0 Å². The van der Waals surface area contributed by atoms with Crippen molar-refractivity contribution in [2.45, 2.75) is 32.3 Å². The summed E-state index contributed by atoms with van der Waals surface area (Å²) in [7, 11) is 0. The number of hydrogen-bond acceptors (Lipinski definition) is 2. The van der Waals surface area contributed by atoms with Crippen LogP contribution in [0.2, 0.25) is 5.02 Å². The van der Waals surface area contributed by atoms with E-state index in [2.05, 4.69) is 0 Å². The lowest BCUT2D eigenvalue weighted by Gasteiger charge is -2.25. The summed E-state index contributed by atoms with van der Waals surface area (Å²) in [5, 5.41) is 10.2. The van der Waals surface area contributed by atoms with Crippen molar-refractivity contribution in [3.05, 3.63) is 29.0 Å². The smallest absolute Gasteiger partial charge is 0.138 e. The molecule has 0 aliphatic rings. The molecule has 90 valence electrons. The predicted molar refractivity (Wildman–Crippen MR) is 62.4 cm³/mol. The lowest BCUT2D eigenvalue weighted by molar-refractivity contribution is -0.0113. The van der Waals surface area contributed by atoms with Crippen LogP contribution in [0.1, 0.15) is 26.7 Å². The maximum atomic E-state index is 12.8. The molecule has 0 bridgehead atoms. The zero-order valence-corrected chi connectivity index (χ0v) is 10.2. The molecular weight excluding hydrogens is 231 g/mol. The maximum Gasteiger partial charge on any atom is 0.138 e. The van der Waals surface area contributed by atoms with Crippen molar-refractivity contribution in [2.24, 2.45) is 0 Å². The highest BCUT2D eigenvalue weighted by Gasteiger charge is 2.23. The lowest BCUT2D eigenvalue weighted by atomic mass is 9.99. The highest BCUT2D eigenvalue weighted by molar-refractivity contribution is 6.32. The molecule has 0 atom stereocenters. The van der Waals surface area contributed by atoms with Crippen molar-refractivity contribution in [1.29, 1.82) is 0 Å². The van der Waals surface area contributed by atoms with Crippen LogP contribution < -0.4 is 4.74 Å². The molecular formula is C12H16ClFO2. The van der Waals surface area contributed by atoms with Crippen LogP contribution in [-0.2, 0) is 0 Å². The Hall–Kier alpha value is -0.800. The van der Waals surface area contributed by atoms with Crippen molar-refractivity contribution in [3.63, 3.8) is 0 Å². The highest BCUT2D eigenvalue weighted by atomic mass is 35.5. The van der Waals surface area contributed by atoms with Gasteiger partial charge >= 0.3 is 0 Å². The van der Waals surface area contributed by atoms with Gasteiger partial charge in [0.25, 0.3) is 0 Å². The van der Waals surface area contributed by atoms with Crippen molar-refractivity contribution >= 4 is 11.6 Å². The van der Waals surface area contributed by atoms with E-state index >= 15 is 0 Å². The molecule has 0 heterocycles. The van der Waals surface area contributed by atoms with E-state index in [4.69, 9.17) is 16.3 Å². The average molecular weight is 247 g/mol. The lowest BCUT2D eigenvalue weighted by Crippen LogP contribution is -2.34. The quantitative estimate of drug-likeness (QED) is 0.863. The molecule has 1 aromatic carbocycles. The predicted octanol–water partition coefficient (Wildman–Crippen LogP) is 3.41. The second kappa shape index (κ2) is 5.51. The third-order valence-electron chi connectivity index (χ3n) is 2.71. The summed E-state index contributed by atoms with van der Waals surface area (Å²) < 4.78 is 18.2. The largest absolute Gasteiger partial charge is 0.489 e. The van der Waals surface area contributed by atoms with E-state index in [0.717, 1.165) is 0 Å². The second-order valence-electron chi connectivity index (χ2n) is 3.79. The Morgan fingerprint density at radius 3 is 2.50 bits per heavy atom. The van der Waals surface area contributed by atoms with Crippen LogP contribution in [0.15, 0.2) is 18.2 Å². The van der Waals surface area contributed by atoms with Gasteiger partial charge in [0, 0.05) is 0 Å². The van der Waals surface area contributed by atoms with Gasteiger partial charge in [0.1, 0.15) is 18.2 Å². The van der Waals surface area contributed by atoms with Crippen LogP contribution >= 0.6 is 11.6 Å². The molecule has 16 heavy (non-hydrogen) atoms. The molecule has 0 saturated carbocycles. The van der Waals surface area contributed by atoms with Gasteiger partial charge in [-0.3, -0.25) is 0 Å². The molecule has 0 aliphatic carbocycles. The first-order valence-corrected chi connectivity index (χ1v) is 5.69. The summed E-state index contributed by atoms with van der Waals surface area (Å²) in [4.78, 5) is 0. The second-order valence-corrected chi connectivity index (χ2v) is 4.20. The van der Waals surface area contributed by atoms with E-state index in [1.54, 1.807) is 0 Å². The van der Waals surface area contributed by atoms with Crippen LogP contribution in [0.25, 0.3) is 0 Å². The molecule has 1 aromatic rings. The zero-order valence-electron chi connectivity index (χ0n) is 9.46. The summed E-state index contributed by atoms with van der Waals surface area (Å²) in [6.07, 6.45) is 1.20. The van der Waals surface area contributed by atoms with Gasteiger partial charge in [0.2, 0.25) is 0 Å². The van der Waals surface area contributed by atoms with Gasteiger partial charge in [0.05, 0.1) is 10.6 Å². The molecule has 0 saturated heterocycles. The van der Waals surface area contributed by atoms with Crippen LogP contribution in [0, 0.1) is 5.82 Å². The number of hydrogen-bond donors (Lipinski definition) is 1. The van der Waals surface area contributed by atoms with Gasteiger partial charge < -0.3 is 9.84 Å². The van der Waals surface area contributed by atoms with Gasteiger partial charge in [-0.05, 0) is 31.0 Å². The van der Waals surface area contributed by atoms with Crippen molar-refractivity contribution in [3.8, 4) is 5.75 Å². The van der Waals surface area contributed by atoms with E-state index in [-0.39, 0.29) is 11.6 Å². The van der Waals surface area contributed by atoms with Crippen molar-refractivity contribution < 1.29 is 14.2 Å². The van der Waals surface area contributed by atoms with Gasteiger partial charge in [-0.25, -0.2) is 4.39 Å².